The zero-order valence-electron chi connectivity index (χ0n) is 11.9. The Bertz CT molecular complexity index is 637. The van der Waals surface area contributed by atoms with Gasteiger partial charge in [0.05, 0.1) is 29.3 Å². The summed E-state index contributed by atoms with van der Waals surface area (Å²) in [5, 5.41) is 7.95. The quantitative estimate of drug-likeness (QED) is 0.910. The lowest BCUT2D eigenvalue weighted by Crippen LogP contribution is -2.30. The predicted octanol–water partition coefficient (Wildman–Crippen LogP) is 1.73. The summed E-state index contributed by atoms with van der Waals surface area (Å²) < 4.78 is 35.9. The van der Waals surface area contributed by atoms with Crippen LogP contribution in [0.15, 0.2) is 23.1 Å². The van der Waals surface area contributed by atoms with E-state index in [-0.39, 0.29) is 4.90 Å². The van der Waals surface area contributed by atoms with Crippen molar-refractivity contribution in [3.63, 3.8) is 0 Å². The molecule has 21 heavy (non-hydrogen) atoms. The number of fused-ring (bicyclic) bond motifs is 1. The molecule has 1 aliphatic rings. The SMILES string of the molecule is CC(C(=O)O)C(C)S(=O)(=O)c1ccc2c(c1)OCCCO2. The van der Waals surface area contributed by atoms with Gasteiger partial charge in [-0.1, -0.05) is 6.92 Å². The molecule has 1 aromatic rings. The first-order valence-corrected chi connectivity index (χ1v) is 8.25. The summed E-state index contributed by atoms with van der Waals surface area (Å²) in [5.41, 5.74) is 0. The summed E-state index contributed by atoms with van der Waals surface area (Å²) in [6, 6.07) is 4.38. The van der Waals surface area contributed by atoms with Gasteiger partial charge in [-0.25, -0.2) is 8.42 Å². The van der Waals surface area contributed by atoms with Crippen LogP contribution in [0.5, 0.6) is 11.5 Å². The highest BCUT2D eigenvalue weighted by atomic mass is 32.2. The van der Waals surface area contributed by atoms with Crippen molar-refractivity contribution in [2.45, 2.75) is 30.4 Å². The number of benzene rings is 1. The number of ether oxygens (including phenoxy) is 2. The summed E-state index contributed by atoms with van der Waals surface area (Å²) in [6.07, 6.45) is 0.725. The Balaban J connectivity index is 2.37. The lowest BCUT2D eigenvalue weighted by atomic mass is 10.1. The Labute approximate surface area is 123 Å². The lowest BCUT2D eigenvalue weighted by molar-refractivity contribution is -0.141. The van der Waals surface area contributed by atoms with E-state index in [1.165, 1.54) is 26.0 Å². The molecule has 0 spiro atoms. The summed E-state index contributed by atoms with van der Waals surface area (Å²) in [7, 11) is -3.75. The Morgan fingerprint density at radius 3 is 2.43 bits per heavy atom. The molecule has 1 aromatic carbocycles. The van der Waals surface area contributed by atoms with Crippen molar-refractivity contribution in [1.29, 1.82) is 0 Å². The standard InChI is InChI=1S/C14H18O6S/c1-9(14(15)16)10(2)21(17,18)11-4-5-12-13(8-11)20-7-3-6-19-12/h4-5,8-10H,3,6-7H2,1-2H3,(H,15,16). The largest absolute Gasteiger partial charge is 0.490 e. The van der Waals surface area contributed by atoms with Crippen molar-refractivity contribution < 1.29 is 27.8 Å². The Hall–Kier alpha value is -1.76. The van der Waals surface area contributed by atoms with Crippen LogP contribution in [0.2, 0.25) is 0 Å². The molecule has 6 nitrogen and oxygen atoms in total. The van der Waals surface area contributed by atoms with Crippen LogP contribution in [-0.2, 0) is 14.6 Å². The number of rotatable bonds is 4. The van der Waals surface area contributed by atoms with Crippen LogP contribution in [0.1, 0.15) is 20.3 Å². The molecule has 0 bridgehead atoms. The molecule has 7 heteroatoms. The second-order valence-electron chi connectivity index (χ2n) is 5.04. The van der Waals surface area contributed by atoms with E-state index in [1.54, 1.807) is 6.07 Å². The van der Waals surface area contributed by atoms with Gasteiger partial charge in [-0.15, -0.1) is 0 Å². The number of hydrogen-bond acceptors (Lipinski definition) is 5. The van der Waals surface area contributed by atoms with Gasteiger partial charge in [0.2, 0.25) is 0 Å². The van der Waals surface area contributed by atoms with E-state index in [2.05, 4.69) is 0 Å². The average molecular weight is 314 g/mol. The molecule has 2 unspecified atom stereocenters. The number of carbonyl (C=O) groups is 1. The van der Waals surface area contributed by atoms with Crippen LogP contribution in [0.4, 0.5) is 0 Å². The molecule has 0 amide bonds. The van der Waals surface area contributed by atoms with Gasteiger partial charge in [0, 0.05) is 12.5 Å². The second-order valence-corrected chi connectivity index (χ2v) is 7.34. The molecule has 0 saturated carbocycles. The third-order valence-corrected chi connectivity index (χ3v) is 5.93. The first-order valence-electron chi connectivity index (χ1n) is 6.70. The molecule has 0 saturated heterocycles. The summed E-state index contributed by atoms with van der Waals surface area (Å²) in [6.45, 7) is 3.76. The minimum absolute atomic E-state index is 0.0485. The van der Waals surface area contributed by atoms with Crippen LogP contribution in [0.25, 0.3) is 0 Å². The number of carboxylic acid groups (broad SMARTS) is 1. The molecule has 1 N–H and O–H groups in total. The van der Waals surface area contributed by atoms with Gasteiger partial charge in [-0.2, -0.15) is 0 Å². The predicted molar refractivity (Wildman–Crippen MR) is 75.5 cm³/mol. The van der Waals surface area contributed by atoms with Crippen LogP contribution >= 0.6 is 0 Å². The van der Waals surface area contributed by atoms with Gasteiger partial charge in [-0.05, 0) is 19.1 Å². The molecule has 0 aliphatic carbocycles. The monoisotopic (exact) mass is 314 g/mol. The van der Waals surface area contributed by atoms with Gasteiger partial charge in [-0.3, -0.25) is 4.79 Å². The Morgan fingerprint density at radius 2 is 1.81 bits per heavy atom. The molecule has 0 fully saturated rings. The minimum Gasteiger partial charge on any atom is -0.490 e. The van der Waals surface area contributed by atoms with E-state index in [1.807, 2.05) is 0 Å². The van der Waals surface area contributed by atoms with Crippen LogP contribution in [0, 0.1) is 5.92 Å². The second kappa shape index (κ2) is 5.93. The third-order valence-electron chi connectivity index (χ3n) is 3.63. The molecule has 1 aliphatic heterocycles. The highest BCUT2D eigenvalue weighted by Gasteiger charge is 2.33. The van der Waals surface area contributed by atoms with Crippen molar-refractivity contribution >= 4 is 15.8 Å². The first-order chi connectivity index (χ1) is 9.84. The third kappa shape index (κ3) is 3.12. The van der Waals surface area contributed by atoms with Crippen molar-refractivity contribution in [2.24, 2.45) is 5.92 Å². The van der Waals surface area contributed by atoms with E-state index in [9.17, 15) is 13.2 Å². The van der Waals surface area contributed by atoms with Gasteiger partial charge in [0.1, 0.15) is 0 Å². The van der Waals surface area contributed by atoms with Gasteiger partial charge in [0.15, 0.2) is 21.3 Å². The number of sulfone groups is 1. The van der Waals surface area contributed by atoms with Gasteiger partial charge in [0.25, 0.3) is 0 Å². The maximum Gasteiger partial charge on any atom is 0.307 e. The van der Waals surface area contributed by atoms with Crippen LogP contribution in [0.3, 0.4) is 0 Å². The smallest absolute Gasteiger partial charge is 0.307 e. The fourth-order valence-corrected chi connectivity index (χ4v) is 3.62. The average Bonchev–Trinajstić information content (AvgIpc) is 2.69. The lowest BCUT2D eigenvalue weighted by Gasteiger charge is -2.17. The number of aliphatic carboxylic acids is 1. The van der Waals surface area contributed by atoms with Crippen molar-refractivity contribution in [3.05, 3.63) is 18.2 Å². The number of carboxylic acids is 1. The zero-order valence-corrected chi connectivity index (χ0v) is 12.7. The van der Waals surface area contributed by atoms with E-state index < -0.39 is 27.0 Å². The van der Waals surface area contributed by atoms with Gasteiger partial charge >= 0.3 is 5.97 Å². The van der Waals surface area contributed by atoms with Crippen molar-refractivity contribution in [3.8, 4) is 11.5 Å². The highest BCUT2D eigenvalue weighted by Crippen LogP contribution is 2.33. The van der Waals surface area contributed by atoms with E-state index >= 15 is 0 Å². The van der Waals surface area contributed by atoms with Gasteiger partial charge < -0.3 is 14.6 Å². The molecular weight excluding hydrogens is 296 g/mol. The molecule has 1 heterocycles. The van der Waals surface area contributed by atoms with Crippen LogP contribution < -0.4 is 9.47 Å². The van der Waals surface area contributed by atoms with Crippen molar-refractivity contribution in [2.75, 3.05) is 13.2 Å². The van der Waals surface area contributed by atoms with Crippen molar-refractivity contribution in [1.82, 2.24) is 0 Å². The zero-order chi connectivity index (χ0) is 15.6. The summed E-state index contributed by atoms with van der Waals surface area (Å²) in [5.74, 6) is -1.25. The Morgan fingerprint density at radius 1 is 1.19 bits per heavy atom. The molecule has 2 rings (SSSR count). The minimum atomic E-state index is -3.75. The maximum absolute atomic E-state index is 12.5. The van der Waals surface area contributed by atoms with E-state index in [0.717, 1.165) is 6.42 Å². The maximum atomic E-state index is 12.5. The highest BCUT2D eigenvalue weighted by molar-refractivity contribution is 7.92. The van der Waals surface area contributed by atoms with E-state index in [4.69, 9.17) is 14.6 Å². The van der Waals surface area contributed by atoms with E-state index in [0.29, 0.717) is 24.7 Å². The molecule has 2 atom stereocenters. The fraction of sp³-hybridized carbons (Fsp3) is 0.500. The molecule has 0 radical (unpaired) electrons. The summed E-state index contributed by atoms with van der Waals surface area (Å²) in [4.78, 5) is 11.0. The molecular formula is C14H18O6S. The number of hydrogen-bond donors (Lipinski definition) is 1. The Kier molecular flexibility index (Phi) is 4.41. The normalized spacial score (nSPS) is 17.6. The fourth-order valence-electron chi connectivity index (χ4n) is 2.00. The van der Waals surface area contributed by atoms with Crippen LogP contribution in [-0.4, -0.2) is 38.0 Å². The first kappa shape index (κ1) is 15.6. The summed E-state index contributed by atoms with van der Waals surface area (Å²) >= 11 is 0. The molecule has 0 aromatic heterocycles. The topological polar surface area (TPSA) is 89.9 Å². The molecule has 116 valence electrons.